The zero-order valence-electron chi connectivity index (χ0n) is 14.3. The predicted octanol–water partition coefficient (Wildman–Crippen LogP) is 3.10. The van der Waals surface area contributed by atoms with E-state index in [-0.39, 0.29) is 11.9 Å². The second-order valence-electron chi connectivity index (χ2n) is 5.17. The summed E-state index contributed by atoms with van der Waals surface area (Å²) < 4.78 is 1.76. The Morgan fingerprint density at radius 3 is 2.83 bits per heavy atom. The van der Waals surface area contributed by atoms with Gasteiger partial charge in [0, 0.05) is 20.3 Å². The van der Waals surface area contributed by atoms with E-state index in [2.05, 4.69) is 21.5 Å². The molecule has 24 heavy (non-hydrogen) atoms. The number of thioether (sulfide) groups is 1. The molecule has 2 aromatic rings. The van der Waals surface area contributed by atoms with Crippen LogP contribution in [0.2, 0.25) is 0 Å². The molecule has 2 heterocycles. The van der Waals surface area contributed by atoms with Crippen LogP contribution >= 0.6 is 11.8 Å². The Bertz CT molecular complexity index is 754. The fourth-order valence-electron chi connectivity index (χ4n) is 2.20. The lowest BCUT2D eigenvalue weighted by molar-refractivity contribution is 0.0985. The predicted molar refractivity (Wildman–Crippen MR) is 99.7 cm³/mol. The number of nitrogens with zero attached hydrogens (tertiary/aromatic N) is 5. The van der Waals surface area contributed by atoms with Gasteiger partial charge >= 0.3 is 0 Å². The number of rotatable bonds is 5. The first-order chi connectivity index (χ1) is 11.5. The fourth-order valence-corrected chi connectivity index (χ4v) is 2.42. The normalized spacial score (nSPS) is 12.8. The molecule has 0 N–H and O–H groups in total. The van der Waals surface area contributed by atoms with Crippen molar-refractivity contribution in [3.63, 3.8) is 0 Å². The average molecular weight is 343 g/mol. The van der Waals surface area contributed by atoms with Crippen LogP contribution in [0.25, 0.3) is 0 Å². The van der Waals surface area contributed by atoms with E-state index in [4.69, 9.17) is 0 Å². The van der Waals surface area contributed by atoms with E-state index in [0.717, 1.165) is 10.7 Å². The summed E-state index contributed by atoms with van der Waals surface area (Å²) in [6.45, 7) is 5.77. The third-order valence-corrected chi connectivity index (χ3v) is 4.38. The minimum Gasteiger partial charge on any atom is -0.325 e. The molecule has 0 fully saturated rings. The number of amides is 1. The van der Waals surface area contributed by atoms with Crippen LogP contribution in [-0.4, -0.2) is 38.8 Å². The molecule has 0 radical (unpaired) electrons. The number of hydrogen-bond donors (Lipinski definition) is 0. The van der Waals surface area contributed by atoms with Gasteiger partial charge in [0.05, 0.1) is 23.1 Å². The van der Waals surface area contributed by atoms with Crippen molar-refractivity contribution < 1.29 is 4.79 Å². The van der Waals surface area contributed by atoms with Crippen LogP contribution in [-0.2, 0) is 7.05 Å². The van der Waals surface area contributed by atoms with Crippen LogP contribution in [0, 0.1) is 0 Å². The van der Waals surface area contributed by atoms with Crippen molar-refractivity contribution in [2.45, 2.75) is 13.0 Å². The molecule has 1 unspecified atom stereocenters. The molecule has 0 saturated carbocycles. The van der Waals surface area contributed by atoms with Gasteiger partial charge in [-0.25, -0.2) is 4.98 Å². The van der Waals surface area contributed by atoms with Crippen LogP contribution in [0.4, 0.5) is 5.69 Å². The van der Waals surface area contributed by atoms with Crippen LogP contribution in [0.1, 0.15) is 29.3 Å². The van der Waals surface area contributed by atoms with E-state index in [9.17, 15) is 4.79 Å². The van der Waals surface area contributed by atoms with Gasteiger partial charge in [0.2, 0.25) is 0 Å². The largest absolute Gasteiger partial charge is 0.325 e. The summed E-state index contributed by atoms with van der Waals surface area (Å²) in [5, 5.41) is 0.934. The van der Waals surface area contributed by atoms with Crippen molar-refractivity contribution in [1.82, 2.24) is 14.5 Å². The Morgan fingerprint density at radius 2 is 2.25 bits per heavy atom. The highest BCUT2D eigenvalue weighted by Crippen LogP contribution is 2.21. The molecule has 1 amide bonds. The number of pyridine rings is 1. The van der Waals surface area contributed by atoms with E-state index in [1.807, 2.05) is 26.3 Å². The third-order valence-electron chi connectivity index (χ3n) is 3.69. The zero-order valence-corrected chi connectivity index (χ0v) is 15.1. The Labute approximate surface area is 146 Å². The number of carbonyl (C=O) groups excluding carboxylic acids is 1. The monoisotopic (exact) mass is 343 g/mol. The lowest BCUT2D eigenvalue weighted by Gasteiger charge is -2.17. The van der Waals surface area contributed by atoms with Crippen LogP contribution in [0.15, 0.2) is 48.4 Å². The third kappa shape index (κ3) is 3.73. The summed E-state index contributed by atoms with van der Waals surface area (Å²) in [5.41, 5.74) is 1.21. The molecule has 0 aliphatic heterocycles. The quantitative estimate of drug-likeness (QED) is 0.475. The maximum atomic E-state index is 12.7. The zero-order chi connectivity index (χ0) is 17.7. The van der Waals surface area contributed by atoms with Gasteiger partial charge in [-0.3, -0.25) is 14.8 Å². The summed E-state index contributed by atoms with van der Waals surface area (Å²) in [5.74, 6) is 0.527. The maximum absolute atomic E-state index is 12.7. The smallest absolute Gasteiger partial charge is 0.276 e. The molecular formula is C17H21N5OS. The average Bonchev–Trinajstić information content (AvgIpc) is 3.00. The minimum atomic E-state index is -0.285. The van der Waals surface area contributed by atoms with Crippen molar-refractivity contribution in [3.05, 3.63) is 54.9 Å². The number of hydrogen-bond acceptors (Lipinski definition) is 5. The van der Waals surface area contributed by atoms with Crippen LogP contribution in [0.5, 0.6) is 0 Å². The van der Waals surface area contributed by atoms with Gasteiger partial charge in [-0.1, -0.05) is 6.08 Å². The Hall–Kier alpha value is -2.41. The standard InChI is InChI=1S/C17H21N5OS/c1-6-14(20-12(2)24-5)16-19-11-15(22(16)4)17(23)21(3)13-8-7-9-18-10-13/h6-11,14H,1H2,2-5H3. The highest BCUT2D eigenvalue weighted by atomic mass is 32.2. The van der Waals surface area contributed by atoms with Gasteiger partial charge in [0.15, 0.2) is 0 Å². The highest BCUT2D eigenvalue weighted by molar-refractivity contribution is 8.13. The topological polar surface area (TPSA) is 63.4 Å². The lowest BCUT2D eigenvalue weighted by atomic mass is 10.3. The number of imidazole rings is 1. The molecule has 0 aliphatic carbocycles. The first-order valence-corrected chi connectivity index (χ1v) is 8.62. The molecule has 7 heteroatoms. The molecule has 0 aromatic carbocycles. The Morgan fingerprint density at radius 1 is 1.50 bits per heavy atom. The summed E-state index contributed by atoms with van der Waals surface area (Å²) in [7, 11) is 3.53. The second-order valence-corrected chi connectivity index (χ2v) is 6.17. The molecule has 6 nitrogen and oxygen atoms in total. The molecule has 2 rings (SSSR count). The molecule has 2 aromatic heterocycles. The van der Waals surface area contributed by atoms with Gasteiger partial charge < -0.3 is 9.47 Å². The van der Waals surface area contributed by atoms with Gasteiger partial charge in [-0.05, 0) is 25.3 Å². The highest BCUT2D eigenvalue weighted by Gasteiger charge is 2.22. The van der Waals surface area contributed by atoms with Gasteiger partial charge in [0.25, 0.3) is 5.91 Å². The second kappa shape index (κ2) is 7.92. The van der Waals surface area contributed by atoms with Gasteiger partial charge in [-0.15, -0.1) is 18.3 Å². The first-order valence-electron chi connectivity index (χ1n) is 7.40. The Kier molecular flexibility index (Phi) is 5.92. The van der Waals surface area contributed by atoms with Crippen molar-refractivity contribution in [3.8, 4) is 0 Å². The van der Waals surface area contributed by atoms with Crippen molar-refractivity contribution >= 4 is 28.4 Å². The number of carbonyl (C=O) groups is 1. The van der Waals surface area contributed by atoms with Crippen LogP contribution in [0.3, 0.4) is 0 Å². The lowest BCUT2D eigenvalue weighted by Crippen LogP contribution is -2.28. The van der Waals surface area contributed by atoms with E-state index in [0.29, 0.717) is 11.5 Å². The molecule has 0 saturated heterocycles. The minimum absolute atomic E-state index is 0.155. The summed E-state index contributed by atoms with van der Waals surface area (Å²) >= 11 is 1.57. The van der Waals surface area contributed by atoms with E-state index >= 15 is 0 Å². The van der Waals surface area contributed by atoms with Gasteiger partial charge in [-0.2, -0.15) is 0 Å². The van der Waals surface area contributed by atoms with Crippen molar-refractivity contribution in [2.24, 2.45) is 12.0 Å². The summed E-state index contributed by atoms with van der Waals surface area (Å²) in [6.07, 6.45) is 8.58. The molecule has 0 spiro atoms. The number of anilines is 1. The summed E-state index contributed by atoms with van der Waals surface area (Å²) in [6, 6.07) is 3.34. The molecule has 126 valence electrons. The first kappa shape index (κ1) is 17.9. The van der Waals surface area contributed by atoms with Crippen molar-refractivity contribution in [1.29, 1.82) is 0 Å². The number of aliphatic imine (C=N–C) groups is 1. The molecule has 1 atom stereocenters. The number of aromatic nitrogens is 3. The van der Waals surface area contributed by atoms with Gasteiger partial charge in [0.1, 0.15) is 17.6 Å². The van der Waals surface area contributed by atoms with Crippen molar-refractivity contribution in [2.75, 3.05) is 18.2 Å². The maximum Gasteiger partial charge on any atom is 0.276 e. The SMILES string of the molecule is C=CC(N=C(C)SC)c1ncc(C(=O)N(C)c2cccnc2)n1C. The van der Waals surface area contributed by atoms with E-state index < -0.39 is 0 Å². The molecule has 0 aliphatic rings. The van der Waals surface area contributed by atoms with E-state index in [1.54, 1.807) is 59.0 Å². The van der Waals surface area contributed by atoms with E-state index in [1.165, 1.54) is 0 Å². The summed E-state index contributed by atoms with van der Waals surface area (Å²) in [4.78, 5) is 27.3. The molecular weight excluding hydrogens is 322 g/mol. The fraction of sp³-hybridized carbons (Fsp3) is 0.294. The van der Waals surface area contributed by atoms with Crippen LogP contribution < -0.4 is 4.90 Å². The molecule has 0 bridgehead atoms. The Balaban J connectivity index is 2.32.